The van der Waals surface area contributed by atoms with Gasteiger partial charge in [0.2, 0.25) is 0 Å². The summed E-state index contributed by atoms with van der Waals surface area (Å²) in [5, 5.41) is 3.46. The molecule has 0 heterocycles. The van der Waals surface area contributed by atoms with Gasteiger partial charge in [0.05, 0.1) is 6.10 Å². The normalized spacial score (nSPS) is 12.7. The van der Waals surface area contributed by atoms with Crippen molar-refractivity contribution in [3.05, 3.63) is 29.3 Å². The van der Waals surface area contributed by atoms with Gasteiger partial charge in [-0.15, -0.1) is 0 Å². The minimum Gasteiger partial charge on any atom is -0.490 e. The van der Waals surface area contributed by atoms with Crippen LogP contribution in [-0.2, 0) is 11.3 Å². The zero-order chi connectivity index (χ0) is 14.3. The molecule has 0 aliphatic carbocycles. The third kappa shape index (κ3) is 5.62. The molecule has 3 heteroatoms. The lowest BCUT2D eigenvalue weighted by Crippen LogP contribution is -2.21. The Morgan fingerprint density at radius 2 is 1.95 bits per heavy atom. The lowest BCUT2D eigenvalue weighted by Gasteiger charge is -2.17. The van der Waals surface area contributed by atoms with Crippen molar-refractivity contribution in [2.45, 2.75) is 40.3 Å². The molecule has 0 aliphatic rings. The Kier molecular flexibility index (Phi) is 6.89. The van der Waals surface area contributed by atoms with Crippen LogP contribution in [0.25, 0.3) is 0 Å². The van der Waals surface area contributed by atoms with Crippen LogP contribution in [0.5, 0.6) is 5.75 Å². The highest BCUT2D eigenvalue weighted by Crippen LogP contribution is 2.23. The quantitative estimate of drug-likeness (QED) is 0.783. The first-order valence-corrected chi connectivity index (χ1v) is 6.99. The van der Waals surface area contributed by atoms with E-state index in [4.69, 9.17) is 9.47 Å². The minimum atomic E-state index is 0.107. The van der Waals surface area contributed by atoms with Gasteiger partial charge in [-0.2, -0.15) is 0 Å². The summed E-state index contributed by atoms with van der Waals surface area (Å²) in [4.78, 5) is 0. The van der Waals surface area contributed by atoms with Crippen LogP contribution in [0.3, 0.4) is 0 Å². The number of para-hydroxylation sites is 1. The first-order valence-electron chi connectivity index (χ1n) is 6.99. The molecule has 0 saturated heterocycles. The summed E-state index contributed by atoms with van der Waals surface area (Å²) in [7, 11) is 1.71. The van der Waals surface area contributed by atoms with Gasteiger partial charge in [-0.05, 0) is 31.9 Å². The number of benzene rings is 1. The number of rotatable bonds is 8. The summed E-state index contributed by atoms with van der Waals surface area (Å²) in [6.07, 6.45) is 0.107. The fourth-order valence-electron chi connectivity index (χ4n) is 1.82. The lowest BCUT2D eigenvalue weighted by atomic mass is 10.1. The van der Waals surface area contributed by atoms with Crippen LogP contribution in [0, 0.1) is 12.8 Å². The average molecular weight is 265 g/mol. The van der Waals surface area contributed by atoms with E-state index in [9.17, 15) is 0 Å². The molecule has 0 radical (unpaired) electrons. The molecule has 1 unspecified atom stereocenters. The van der Waals surface area contributed by atoms with Gasteiger partial charge in [0.25, 0.3) is 0 Å². The molecule has 108 valence electrons. The maximum atomic E-state index is 5.91. The molecule has 1 aromatic rings. The summed E-state index contributed by atoms with van der Waals surface area (Å²) in [5.74, 6) is 1.64. The van der Waals surface area contributed by atoms with Gasteiger partial charge in [0.15, 0.2) is 0 Å². The Morgan fingerprint density at radius 1 is 1.21 bits per heavy atom. The van der Waals surface area contributed by atoms with Crippen molar-refractivity contribution in [1.82, 2.24) is 5.32 Å². The van der Waals surface area contributed by atoms with E-state index in [1.165, 1.54) is 11.1 Å². The van der Waals surface area contributed by atoms with Crippen molar-refractivity contribution in [2.24, 2.45) is 5.92 Å². The van der Waals surface area contributed by atoms with Gasteiger partial charge in [-0.1, -0.05) is 32.0 Å². The van der Waals surface area contributed by atoms with E-state index < -0.39 is 0 Å². The molecular formula is C16H27NO2. The Balaban J connectivity index is 2.66. The molecule has 1 aromatic carbocycles. The van der Waals surface area contributed by atoms with Crippen molar-refractivity contribution in [2.75, 3.05) is 20.3 Å². The number of ether oxygens (including phenoxy) is 2. The van der Waals surface area contributed by atoms with Crippen molar-refractivity contribution < 1.29 is 9.47 Å². The van der Waals surface area contributed by atoms with Crippen molar-refractivity contribution >= 4 is 0 Å². The topological polar surface area (TPSA) is 30.5 Å². The molecular weight excluding hydrogens is 238 g/mol. The van der Waals surface area contributed by atoms with Gasteiger partial charge >= 0.3 is 0 Å². The molecule has 0 fully saturated rings. The molecule has 19 heavy (non-hydrogen) atoms. The van der Waals surface area contributed by atoms with Crippen LogP contribution in [0.1, 0.15) is 31.9 Å². The second-order valence-corrected chi connectivity index (χ2v) is 5.45. The third-order valence-corrected chi connectivity index (χ3v) is 3.03. The number of hydrogen-bond acceptors (Lipinski definition) is 3. The second kappa shape index (κ2) is 8.18. The standard InChI is InChI=1S/C16H27NO2/c1-12(2)9-17-10-15-8-6-7-13(3)16(15)19-11-14(4)18-5/h6-8,12,14,17H,9-11H2,1-5H3. The molecule has 0 bridgehead atoms. The minimum absolute atomic E-state index is 0.107. The van der Waals surface area contributed by atoms with E-state index >= 15 is 0 Å². The number of methoxy groups -OCH3 is 1. The lowest BCUT2D eigenvalue weighted by molar-refractivity contribution is 0.0710. The van der Waals surface area contributed by atoms with Crippen molar-refractivity contribution in [3.8, 4) is 5.75 Å². The van der Waals surface area contributed by atoms with Gasteiger partial charge < -0.3 is 14.8 Å². The highest BCUT2D eigenvalue weighted by atomic mass is 16.5. The molecule has 0 saturated carbocycles. The van der Waals surface area contributed by atoms with E-state index in [0.717, 1.165) is 18.8 Å². The van der Waals surface area contributed by atoms with Crippen LogP contribution >= 0.6 is 0 Å². The Morgan fingerprint density at radius 3 is 2.58 bits per heavy atom. The summed E-state index contributed by atoms with van der Waals surface area (Å²) in [5.41, 5.74) is 2.39. The molecule has 1 N–H and O–H groups in total. The molecule has 1 atom stereocenters. The highest BCUT2D eigenvalue weighted by Gasteiger charge is 2.09. The Labute approximate surface area is 117 Å². The van der Waals surface area contributed by atoms with Gasteiger partial charge in [0, 0.05) is 19.2 Å². The molecule has 3 nitrogen and oxygen atoms in total. The molecule has 1 rings (SSSR count). The fraction of sp³-hybridized carbons (Fsp3) is 0.625. The average Bonchev–Trinajstić information content (AvgIpc) is 2.37. The van der Waals surface area contributed by atoms with E-state index in [2.05, 4.69) is 44.3 Å². The second-order valence-electron chi connectivity index (χ2n) is 5.45. The van der Waals surface area contributed by atoms with Crippen LogP contribution in [0.2, 0.25) is 0 Å². The van der Waals surface area contributed by atoms with E-state index in [1.54, 1.807) is 7.11 Å². The molecule has 0 spiro atoms. The maximum Gasteiger partial charge on any atom is 0.126 e. The maximum absolute atomic E-state index is 5.91. The largest absolute Gasteiger partial charge is 0.490 e. The SMILES string of the molecule is COC(C)COc1c(C)cccc1CNCC(C)C. The summed E-state index contributed by atoms with van der Waals surface area (Å²) in [6, 6.07) is 6.28. The number of hydrogen-bond donors (Lipinski definition) is 1. The first kappa shape index (κ1) is 16.0. The Hall–Kier alpha value is -1.06. The summed E-state index contributed by atoms with van der Waals surface area (Å²) >= 11 is 0. The van der Waals surface area contributed by atoms with Crippen LogP contribution in [-0.4, -0.2) is 26.4 Å². The monoisotopic (exact) mass is 265 g/mol. The van der Waals surface area contributed by atoms with E-state index in [0.29, 0.717) is 12.5 Å². The van der Waals surface area contributed by atoms with Crippen LogP contribution in [0.15, 0.2) is 18.2 Å². The van der Waals surface area contributed by atoms with Crippen molar-refractivity contribution in [3.63, 3.8) is 0 Å². The van der Waals surface area contributed by atoms with Crippen molar-refractivity contribution in [1.29, 1.82) is 0 Å². The zero-order valence-electron chi connectivity index (χ0n) is 12.8. The summed E-state index contributed by atoms with van der Waals surface area (Å²) < 4.78 is 11.1. The molecule has 0 amide bonds. The predicted octanol–water partition coefficient (Wildman–Crippen LogP) is 3.15. The van der Waals surface area contributed by atoms with Gasteiger partial charge in [-0.25, -0.2) is 0 Å². The van der Waals surface area contributed by atoms with E-state index in [-0.39, 0.29) is 6.10 Å². The fourth-order valence-corrected chi connectivity index (χ4v) is 1.82. The van der Waals surface area contributed by atoms with Crippen LogP contribution in [0.4, 0.5) is 0 Å². The first-order chi connectivity index (χ1) is 9.04. The van der Waals surface area contributed by atoms with E-state index in [1.807, 2.05) is 6.92 Å². The number of aryl methyl sites for hydroxylation is 1. The van der Waals surface area contributed by atoms with Gasteiger partial charge in [-0.3, -0.25) is 0 Å². The van der Waals surface area contributed by atoms with Crippen LogP contribution < -0.4 is 10.1 Å². The third-order valence-electron chi connectivity index (χ3n) is 3.03. The molecule has 0 aromatic heterocycles. The Bertz CT molecular complexity index is 377. The summed E-state index contributed by atoms with van der Waals surface area (Å²) in [6.45, 7) is 11.0. The zero-order valence-corrected chi connectivity index (χ0v) is 12.8. The number of nitrogens with one attached hydrogen (secondary N) is 1. The smallest absolute Gasteiger partial charge is 0.126 e. The predicted molar refractivity (Wildman–Crippen MR) is 79.7 cm³/mol. The molecule has 0 aliphatic heterocycles. The van der Waals surface area contributed by atoms with Gasteiger partial charge in [0.1, 0.15) is 12.4 Å². The highest BCUT2D eigenvalue weighted by molar-refractivity contribution is 5.40.